The van der Waals surface area contributed by atoms with Crippen molar-refractivity contribution in [2.75, 3.05) is 12.3 Å². The Morgan fingerprint density at radius 3 is 2.87 bits per heavy atom. The Labute approximate surface area is 91.9 Å². The van der Waals surface area contributed by atoms with Gasteiger partial charge < -0.3 is 10.5 Å². The third kappa shape index (κ3) is 2.92. The monoisotopic (exact) mass is 227 g/mol. The number of aldehydes is 1. The first-order chi connectivity index (χ1) is 7.19. The summed E-state index contributed by atoms with van der Waals surface area (Å²) in [5.74, 6) is 0.146. The van der Waals surface area contributed by atoms with Crippen LogP contribution in [0.15, 0.2) is 6.26 Å². The molecule has 1 rings (SSSR count). The predicted octanol–water partition coefficient (Wildman–Crippen LogP) is 1.53. The first kappa shape index (κ1) is 11.5. The average Bonchev–Trinajstić information content (AvgIpc) is 2.20. The Balaban J connectivity index is 3.09. The molecule has 6 heteroatoms. The summed E-state index contributed by atoms with van der Waals surface area (Å²) in [7, 11) is 0. The van der Waals surface area contributed by atoms with Gasteiger partial charge in [-0.3, -0.25) is 4.79 Å². The molecule has 0 spiro atoms. The smallest absolute Gasteiger partial charge is 0.225 e. The molecule has 1 aromatic heterocycles. The molecule has 0 unspecified atom stereocenters. The standard InChI is InChI=1S/C9H10ClN3O2/c1-2-15-4-3-6-7(5-14)12-9(10)13-8(6)11/h3-5H,2H2,1H3,(H2,11,12,13)/b4-3-. The molecule has 80 valence electrons. The maximum atomic E-state index is 10.7. The lowest BCUT2D eigenvalue weighted by molar-refractivity contribution is 0.111. The van der Waals surface area contributed by atoms with E-state index >= 15 is 0 Å². The van der Waals surface area contributed by atoms with E-state index in [1.54, 1.807) is 0 Å². The van der Waals surface area contributed by atoms with Crippen LogP contribution in [0.25, 0.3) is 6.08 Å². The Kier molecular flexibility index (Phi) is 4.05. The lowest BCUT2D eigenvalue weighted by Gasteiger charge is -2.02. The number of hydrogen-bond donors (Lipinski definition) is 1. The van der Waals surface area contributed by atoms with Gasteiger partial charge in [-0.15, -0.1) is 0 Å². The summed E-state index contributed by atoms with van der Waals surface area (Å²) in [6.45, 7) is 2.37. The molecular formula is C9H10ClN3O2. The predicted molar refractivity (Wildman–Crippen MR) is 57.5 cm³/mol. The molecule has 0 saturated carbocycles. The van der Waals surface area contributed by atoms with Crippen molar-refractivity contribution < 1.29 is 9.53 Å². The molecule has 0 amide bonds. The van der Waals surface area contributed by atoms with E-state index in [-0.39, 0.29) is 16.8 Å². The van der Waals surface area contributed by atoms with Crippen LogP contribution in [0.1, 0.15) is 23.0 Å². The summed E-state index contributed by atoms with van der Waals surface area (Å²) in [5.41, 5.74) is 6.13. The van der Waals surface area contributed by atoms with Crippen LogP contribution in [-0.2, 0) is 4.74 Å². The maximum Gasteiger partial charge on any atom is 0.225 e. The van der Waals surface area contributed by atoms with Gasteiger partial charge in [-0.1, -0.05) is 0 Å². The summed E-state index contributed by atoms with van der Waals surface area (Å²) in [6, 6.07) is 0. The summed E-state index contributed by atoms with van der Waals surface area (Å²) in [5, 5.41) is -0.0526. The van der Waals surface area contributed by atoms with Gasteiger partial charge in [0.05, 0.1) is 12.9 Å². The van der Waals surface area contributed by atoms with Gasteiger partial charge >= 0.3 is 0 Å². The molecule has 0 aromatic carbocycles. The fourth-order valence-electron chi connectivity index (χ4n) is 0.948. The molecule has 1 aromatic rings. The minimum atomic E-state index is -0.0526. The van der Waals surface area contributed by atoms with Gasteiger partial charge in [-0.25, -0.2) is 9.97 Å². The fourth-order valence-corrected chi connectivity index (χ4v) is 1.13. The van der Waals surface area contributed by atoms with Crippen molar-refractivity contribution in [3.8, 4) is 0 Å². The number of ether oxygens (including phenoxy) is 1. The first-order valence-electron chi connectivity index (χ1n) is 4.25. The van der Waals surface area contributed by atoms with Gasteiger partial charge in [-0.2, -0.15) is 0 Å². The number of nitrogen functional groups attached to an aromatic ring is 1. The van der Waals surface area contributed by atoms with E-state index in [9.17, 15) is 4.79 Å². The topological polar surface area (TPSA) is 78.1 Å². The van der Waals surface area contributed by atoms with Crippen molar-refractivity contribution in [2.45, 2.75) is 6.92 Å². The SMILES string of the molecule is CCO/C=C\c1c(N)nc(Cl)nc1C=O. The second-order valence-corrected chi connectivity index (χ2v) is 2.89. The Morgan fingerprint density at radius 1 is 1.53 bits per heavy atom. The molecule has 5 nitrogen and oxygen atoms in total. The first-order valence-corrected chi connectivity index (χ1v) is 4.63. The lowest BCUT2D eigenvalue weighted by Crippen LogP contribution is -2.02. The van der Waals surface area contributed by atoms with Gasteiger partial charge in [0.15, 0.2) is 6.29 Å². The van der Waals surface area contributed by atoms with E-state index in [1.165, 1.54) is 12.3 Å². The number of anilines is 1. The van der Waals surface area contributed by atoms with Crippen LogP contribution in [0.3, 0.4) is 0 Å². The molecule has 0 aliphatic rings. The number of nitrogens with two attached hydrogens (primary N) is 1. The molecule has 0 aliphatic carbocycles. The highest BCUT2D eigenvalue weighted by molar-refractivity contribution is 6.28. The van der Waals surface area contributed by atoms with Crippen LogP contribution in [0, 0.1) is 0 Å². The minimum Gasteiger partial charge on any atom is -0.501 e. The molecule has 0 aliphatic heterocycles. The zero-order chi connectivity index (χ0) is 11.3. The Morgan fingerprint density at radius 2 is 2.27 bits per heavy atom. The summed E-state index contributed by atoms with van der Waals surface area (Å²) < 4.78 is 4.98. The highest BCUT2D eigenvalue weighted by atomic mass is 35.5. The van der Waals surface area contributed by atoms with Crippen molar-refractivity contribution in [3.05, 3.63) is 22.8 Å². The number of hydrogen-bond acceptors (Lipinski definition) is 5. The molecular weight excluding hydrogens is 218 g/mol. The van der Waals surface area contributed by atoms with E-state index in [0.717, 1.165) is 0 Å². The molecule has 0 radical (unpaired) electrons. The second kappa shape index (κ2) is 5.31. The number of carbonyl (C=O) groups is 1. The number of rotatable bonds is 4. The molecule has 0 atom stereocenters. The van der Waals surface area contributed by atoms with E-state index in [2.05, 4.69) is 9.97 Å². The highest BCUT2D eigenvalue weighted by Gasteiger charge is 2.08. The third-order valence-corrected chi connectivity index (χ3v) is 1.76. The number of nitrogens with zero attached hydrogens (tertiary/aromatic N) is 2. The molecule has 0 bridgehead atoms. The van der Waals surface area contributed by atoms with Crippen molar-refractivity contribution in [3.63, 3.8) is 0 Å². The lowest BCUT2D eigenvalue weighted by atomic mass is 10.2. The fraction of sp³-hybridized carbons (Fsp3) is 0.222. The quantitative estimate of drug-likeness (QED) is 0.480. The number of carbonyl (C=O) groups excluding carboxylic acids is 1. The van der Waals surface area contributed by atoms with Crippen molar-refractivity contribution in [1.82, 2.24) is 9.97 Å². The number of aromatic nitrogens is 2. The zero-order valence-corrected chi connectivity index (χ0v) is 8.86. The van der Waals surface area contributed by atoms with E-state index in [1.807, 2.05) is 6.92 Å². The molecule has 0 saturated heterocycles. The van der Waals surface area contributed by atoms with E-state index in [0.29, 0.717) is 18.5 Å². The van der Waals surface area contributed by atoms with Crippen LogP contribution in [0.4, 0.5) is 5.82 Å². The average molecular weight is 228 g/mol. The van der Waals surface area contributed by atoms with Gasteiger partial charge in [0, 0.05) is 5.56 Å². The minimum absolute atomic E-state index is 0.0526. The van der Waals surface area contributed by atoms with Gasteiger partial charge in [-0.05, 0) is 24.6 Å². The van der Waals surface area contributed by atoms with Gasteiger partial charge in [0.2, 0.25) is 5.28 Å². The van der Waals surface area contributed by atoms with Gasteiger partial charge in [0.1, 0.15) is 11.5 Å². The zero-order valence-electron chi connectivity index (χ0n) is 8.11. The van der Waals surface area contributed by atoms with Crippen LogP contribution in [-0.4, -0.2) is 22.9 Å². The van der Waals surface area contributed by atoms with Crippen molar-refractivity contribution in [2.24, 2.45) is 0 Å². The molecule has 15 heavy (non-hydrogen) atoms. The van der Waals surface area contributed by atoms with E-state index in [4.69, 9.17) is 22.1 Å². The van der Waals surface area contributed by atoms with Crippen molar-refractivity contribution >= 4 is 29.8 Å². The van der Waals surface area contributed by atoms with Crippen LogP contribution in [0.5, 0.6) is 0 Å². The molecule has 1 heterocycles. The normalized spacial score (nSPS) is 10.5. The molecule has 2 N–H and O–H groups in total. The summed E-state index contributed by atoms with van der Waals surface area (Å²) in [6.07, 6.45) is 3.52. The largest absolute Gasteiger partial charge is 0.501 e. The van der Waals surface area contributed by atoms with Crippen LogP contribution >= 0.6 is 11.6 Å². The Bertz CT molecular complexity index is 393. The van der Waals surface area contributed by atoms with Crippen LogP contribution < -0.4 is 5.73 Å². The summed E-state index contributed by atoms with van der Waals surface area (Å²) >= 11 is 5.55. The summed E-state index contributed by atoms with van der Waals surface area (Å²) in [4.78, 5) is 18.1. The Hall–Kier alpha value is -1.62. The van der Waals surface area contributed by atoms with Crippen molar-refractivity contribution in [1.29, 1.82) is 0 Å². The number of halogens is 1. The van der Waals surface area contributed by atoms with E-state index < -0.39 is 0 Å². The second-order valence-electron chi connectivity index (χ2n) is 2.55. The molecule has 0 fully saturated rings. The third-order valence-electron chi connectivity index (χ3n) is 1.59. The highest BCUT2D eigenvalue weighted by Crippen LogP contribution is 2.16. The van der Waals surface area contributed by atoms with Gasteiger partial charge in [0.25, 0.3) is 0 Å². The van der Waals surface area contributed by atoms with Crippen LogP contribution in [0.2, 0.25) is 5.28 Å². The maximum absolute atomic E-state index is 10.7.